The van der Waals surface area contributed by atoms with E-state index in [1.807, 2.05) is 6.92 Å². The topological polar surface area (TPSA) is 96.0 Å². The number of carbonyl (C=O) groups excluding carboxylic acids is 2. The summed E-state index contributed by atoms with van der Waals surface area (Å²) in [6.45, 7) is 3.23. The summed E-state index contributed by atoms with van der Waals surface area (Å²) >= 11 is 0. The molecule has 2 aliphatic heterocycles. The first-order chi connectivity index (χ1) is 13.4. The molecule has 0 unspecified atom stereocenters. The molecule has 1 saturated carbocycles. The highest BCUT2D eigenvalue weighted by molar-refractivity contribution is 7.89. The Morgan fingerprint density at radius 3 is 2.54 bits per heavy atom. The molecule has 2 amide bonds. The second kappa shape index (κ2) is 7.36. The minimum atomic E-state index is -3.70. The number of hydrogen-bond donors (Lipinski definition) is 1. The van der Waals surface area contributed by atoms with Crippen LogP contribution in [0.2, 0.25) is 0 Å². The van der Waals surface area contributed by atoms with Crippen LogP contribution in [-0.4, -0.2) is 61.7 Å². The number of rotatable bonds is 4. The zero-order chi connectivity index (χ0) is 19.9. The van der Waals surface area contributed by atoms with Crippen LogP contribution in [0.1, 0.15) is 32.6 Å². The average Bonchev–Trinajstić information content (AvgIpc) is 2.65. The smallest absolute Gasteiger partial charge is 0.265 e. The first kappa shape index (κ1) is 19.2. The van der Waals surface area contributed by atoms with Crippen LogP contribution in [0.4, 0.5) is 5.69 Å². The maximum Gasteiger partial charge on any atom is 0.265 e. The zero-order valence-electron chi connectivity index (χ0n) is 15.9. The summed E-state index contributed by atoms with van der Waals surface area (Å²) in [5, 5.41) is 2.72. The standard InChI is InChI=1S/C19H25N3O5S/c1-2-16-18(23)20-15-12-14(6-7-17(15)27-16)28(25,26)22-10-8-21(9-11-22)19(24)13-4-3-5-13/h6-7,12-13,16H,2-5,8-11H2,1H3,(H,20,23)/t16-/m1/s1. The Labute approximate surface area is 164 Å². The molecule has 0 bridgehead atoms. The van der Waals surface area contributed by atoms with Crippen LogP contribution in [-0.2, 0) is 19.6 Å². The van der Waals surface area contributed by atoms with Crippen LogP contribution < -0.4 is 10.1 Å². The second-order valence-electron chi connectivity index (χ2n) is 7.52. The van der Waals surface area contributed by atoms with E-state index in [4.69, 9.17) is 4.74 Å². The Bertz CT molecular complexity index is 889. The van der Waals surface area contributed by atoms with Gasteiger partial charge in [0.2, 0.25) is 15.9 Å². The monoisotopic (exact) mass is 407 g/mol. The third-order valence-electron chi connectivity index (χ3n) is 5.78. The van der Waals surface area contributed by atoms with Crippen molar-refractivity contribution in [2.24, 2.45) is 5.92 Å². The van der Waals surface area contributed by atoms with E-state index in [1.165, 1.54) is 16.4 Å². The molecule has 3 aliphatic rings. The highest BCUT2D eigenvalue weighted by Crippen LogP contribution is 2.34. The number of sulfonamides is 1. The summed E-state index contributed by atoms with van der Waals surface area (Å²) in [5.41, 5.74) is 0.370. The molecule has 1 aromatic rings. The van der Waals surface area contributed by atoms with Crippen LogP contribution in [0.15, 0.2) is 23.1 Å². The van der Waals surface area contributed by atoms with Gasteiger partial charge in [0, 0.05) is 32.1 Å². The molecule has 8 nitrogen and oxygen atoms in total. The number of anilines is 1. The predicted molar refractivity (Wildman–Crippen MR) is 102 cm³/mol. The maximum atomic E-state index is 13.0. The van der Waals surface area contributed by atoms with Crippen LogP contribution in [0, 0.1) is 5.92 Å². The number of piperazine rings is 1. The molecule has 2 fully saturated rings. The molecule has 0 spiro atoms. The van der Waals surface area contributed by atoms with Gasteiger partial charge in [-0.05, 0) is 37.5 Å². The summed E-state index contributed by atoms with van der Waals surface area (Å²) < 4.78 is 33.1. The first-order valence-electron chi connectivity index (χ1n) is 9.80. The molecule has 0 radical (unpaired) electrons. The average molecular weight is 407 g/mol. The fraction of sp³-hybridized carbons (Fsp3) is 0.579. The highest BCUT2D eigenvalue weighted by Gasteiger charge is 2.35. The lowest BCUT2D eigenvalue weighted by Crippen LogP contribution is -2.52. The molecule has 1 N–H and O–H groups in total. The van der Waals surface area contributed by atoms with Gasteiger partial charge in [-0.3, -0.25) is 9.59 Å². The van der Waals surface area contributed by atoms with Gasteiger partial charge in [-0.15, -0.1) is 0 Å². The van der Waals surface area contributed by atoms with Crippen molar-refractivity contribution in [3.8, 4) is 5.75 Å². The second-order valence-corrected chi connectivity index (χ2v) is 9.46. The van der Waals surface area contributed by atoms with Crippen molar-refractivity contribution in [2.75, 3.05) is 31.5 Å². The van der Waals surface area contributed by atoms with E-state index in [9.17, 15) is 18.0 Å². The third-order valence-corrected chi connectivity index (χ3v) is 7.68. The van der Waals surface area contributed by atoms with E-state index in [0.29, 0.717) is 30.9 Å². The molecular formula is C19H25N3O5S. The molecular weight excluding hydrogens is 382 g/mol. The SMILES string of the molecule is CC[C@H]1Oc2ccc(S(=O)(=O)N3CCN(C(=O)C4CCC4)CC3)cc2NC1=O. The maximum absolute atomic E-state index is 13.0. The lowest BCUT2D eigenvalue weighted by atomic mass is 9.84. The Hall–Kier alpha value is -2.13. The Morgan fingerprint density at radius 1 is 1.21 bits per heavy atom. The van der Waals surface area contributed by atoms with Crippen LogP contribution >= 0.6 is 0 Å². The Kier molecular flexibility index (Phi) is 5.05. The fourth-order valence-electron chi connectivity index (χ4n) is 3.77. The minimum absolute atomic E-state index is 0.115. The van der Waals surface area contributed by atoms with Crippen molar-refractivity contribution in [3.63, 3.8) is 0 Å². The van der Waals surface area contributed by atoms with Gasteiger partial charge in [-0.25, -0.2) is 8.42 Å². The molecule has 1 atom stereocenters. The van der Waals surface area contributed by atoms with Gasteiger partial charge in [-0.2, -0.15) is 4.31 Å². The molecule has 0 aromatic heterocycles. The number of nitrogens with one attached hydrogen (secondary N) is 1. The van der Waals surface area contributed by atoms with Gasteiger partial charge < -0.3 is 15.0 Å². The van der Waals surface area contributed by atoms with Crippen molar-refractivity contribution in [1.82, 2.24) is 9.21 Å². The number of fused-ring (bicyclic) bond motifs is 1. The van der Waals surface area contributed by atoms with E-state index < -0.39 is 16.1 Å². The summed E-state index contributed by atoms with van der Waals surface area (Å²) in [7, 11) is -3.70. The zero-order valence-corrected chi connectivity index (χ0v) is 16.7. The summed E-state index contributed by atoms with van der Waals surface area (Å²) in [4.78, 5) is 26.2. The summed E-state index contributed by atoms with van der Waals surface area (Å²) in [6.07, 6.45) is 2.96. The van der Waals surface area contributed by atoms with Crippen molar-refractivity contribution in [2.45, 2.75) is 43.6 Å². The van der Waals surface area contributed by atoms with Crippen LogP contribution in [0.25, 0.3) is 0 Å². The van der Waals surface area contributed by atoms with Crippen molar-refractivity contribution in [1.29, 1.82) is 0 Å². The number of hydrogen-bond acceptors (Lipinski definition) is 5. The summed E-state index contributed by atoms with van der Waals surface area (Å²) in [6, 6.07) is 4.53. The number of benzene rings is 1. The predicted octanol–water partition coefficient (Wildman–Crippen LogP) is 1.43. The van der Waals surface area contributed by atoms with Gasteiger partial charge in [-0.1, -0.05) is 13.3 Å². The number of carbonyl (C=O) groups is 2. The first-order valence-corrected chi connectivity index (χ1v) is 11.2. The van der Waals surface area contributed by atoms with Gasteiger partial charge >= 0.3 is 0 Å². The number of nitrogens with zero attached hydrogens (tertiary/aromatic N) is 2. The van der Waals surface area contributed by atoms with E-state index >= 15 is 0 Å². The molecule has 1 saturated heterocycles. The minimum Gasteiger partial charge on any atom is -0.478 e. The molecule has 1 aliphatic carbocycles. The van der Waals surface area contributed by atoms with Gasteiger partial charge in [0.15, 0.2) is 6.10 Å². The summed E-state index contributed by atoms with van der Waals surface area (Å²) in [5.74, 6) is 0.482. The molecule has 9 heteroatoms. The van der Waals surface area contributed by atoms with Crippen LogP contribution in [0.3, 0.4) is 0 Å². The Morgan fingerprint density at radius 2 is 1.93 bits per heavy atom. The van der Waals surface area contributed by atoms with Crippen LogP contribution in [0.5, 0.6) is 5.75 Å². The van der Waals surface area contributed by atoms with Crippen molar-refractivity contribution in [3.05, 3.63) is 18.2 Å². The molecule has 152 valence electrons. The fourth-order valence-corrected chi connectivity index (χ4v) is 5.22. The van der Waals surface area contributed by atoms with E-state index in [1.54, 1.807) is 11.0 Å². The van der Waals surface area contributed by atoms with Gasteiger partial charge in [0.05, 0.1) is 10.6 Å². The van der Waals surface area contributed by atoms with Crippen molar-refractivity contribution < 1.29 is 22.7 Å². The molecule has 28 heavy (non-hydrogen) atoms. The number of amides is 2. The van der Waals surface area contributed by atoms with E-state index in [2.05, 4.69) is 5.32 Å². The van der Waals surface area contributed by atoms with E-state index in [-0.39, 0.29) is 35.7 Å². The number of ether oxygens (including phenoxy) is 1. The third kappa shape index (κ3) is 3.37. The van der Waals surface area contributed by atoms with Gasteiger partial charge in [0.25, 0.3) is 5.91 Å². The lowest BCUT2D eigenvalue weighted by Gasteiger charge is -2.37. The van der Waals surface area contributed by atoms with Gasteiger partial charge in [0.1, 0.15) is 5.75 Å². The highest BCUT2D eigenvalue weighted by atomic mass is 32.2. The molecule has 1 aromatic carbocycles. The Balaban J connectivity index is 1.46. The molecule has 2 heterocycles. The van der Waals surface area contributed by atoms with E-state index in [0.717, 1.165) is 19.3 Å². The molecule has 4 rings (SSSR count). The quantitative estimate of drug-likeness (QED) is 0.815. The normalized spacial score (nSPS) is 23.4. The lowest BCUT2D eigenvalue weighted by molar-refractivity contribution is -0.139. The largest absolute Gasteiger partial charge is 0.478 e. The van der Waals surface area contributed by atoms with Crippen molar-refractivity contribution >= 4 is 27.5 Å².